The molecule has 1 aliphatic carbocycles. The number of hydrogen-bond acceptors (Lipinski definition) is 4. The summed E-state index contributed by atoms with van der Waals surface area (Å²) in [5.74, 6) is -0.119. The summed E-state index contributed by atoms with van der Waals surface area (Å²) in [4.78, 5) is 14.4. The number of amides is 1. The Bertz CT molecular complexity index is 565. The number of halogens is 1. The van der Waals surface area contributed by atoms with Crippen LogP contribution in [-0.4, -0.2) is 29.4 Å². The maximum atomic E-state index is 12.4. The Morgan fingerprint density at radius 1 is 1.62 bits per heavy atom. The van der Waals surface area contributed by atoms with E-state index in [1.165, 1.54) is 0 Å². The molecule has 1 aliphatic rings. The fourth-order valence-electron chi connectivity index (χ4n) is 2.30. The molecule has 1 aromatic rings. The Hall–Kier alpha value is -1.77. The number of nitrogen functional groups attached to an aromatic ring is 1. The molecule has 1 amide bonds. The van der Waals surface area contributed by atoms with E-state index in [1.807, 2.05) is 6.92 Å². The van der Waals surface area contributed by atoms with Crippen molar-refractivity contribution in [3.8, 4) is 6.07 Å². The molecule has 0 aliphatic heterocycles. The van der Waals surface area contributed by atoms with Crippen molar-refractivity contribution in [1.82, 2.24) is 4.90 Å². The first-order chi connectivity index (χ1) is 10.0. The van der Waals surface area contributed by atoms with Gasteiger partial charge in [0, 0.05) is 24.7 Å². The van der Waals surface area contributed by atoms with Gasteiger partial charge in [0.25, 0.3) is 0 Å². The minimum Gasteiger partial charge on any atom is -0.399 e. The maximum Gasteiger partial charge on any atom is 0.241 e. The summed E-state index contributed by atoms with van der Waals surface area (Å²) in [6.45, 7) is 2.47. The molecule has 0 heterocycles. The summed E-state index contributed by atoms with van der Waals surface area (Å²) in [5, 5.41) is 12.0. The largest absolute Gasteiger partial charge is 0.399 e. The minimum atomic E-state index is -0.292. The van der Waals surface area contributed by atoms with Crippen LogP contribution in [0.2, 0.25) is 5.02 Å². The SMILES string of the molecule is CC(C(=O)Nc1ccc(N)cc1Cl)N(CCC#N)C1CC1. The highest BCUT2D eigenvalue weighted by Gasteiger charge is 2.34. The van der Waals surface area contributed by atoms with Crippen LogP contribution in [0.3, 0.4) is 0 Å². The molecule has 2 rings (SSSR count). The van der Waals surface area contributed by atoms with Gasteiger partial charge in [-0.05, 0) is 38.0 Å². The van der Waals surface area contributed by atoms with Crippen LogP contribution < -0.4 is 11.1 Å². The average molecular weight is 307 g/mol. The number of nitriles is 1. The van der Waals surface area contributed by atoms with Crippen LogP contribution in [0.4, 0.5) is 11.4 Å². The van der Waals surface area contributed by atoms with Crippen LogP contribution in [0.25, 0.3) is 0 Å². The lowest BCUT2D eigenvalue weighted by Gasteiger charge is -2.27. The molecule has 0 aromatic heterocycles. The smallest absolute Gasteiger partial charge is 0.241 e. The van der Waals surface area contributed by atoms with E-state index in [1.54, 1.807) is 18.2 Å². The summed E-state index contributed by atoms with van der Waals surface area (Å²) in [7, 11) is 0. The molecule has 1 saturated carbocycles. The van der Waals surface area contributed by atoms with Gasteiger partial charge in [0.1, 0.15) is 0 Å². The lowest BCUT2D eigenvalue weighted by Crippen LogP contribution is -2.43. The maximum absolute atomic E-state index is 12.4. The first-order valence-corrected chi connectivity index (χ1v) is 7.39. The first kappa shape index (κ1) is 15.6. The highest BCUT2D eigenvalue weighted by molar-refractivity contribution is 6.34. The van der Waals surface area contributed by atoms with Crippen LogP contribution in [0.1, 0.15) is 26.2 Å². The fraction of sp³-hybridized carbons (Fsp3) is 0.467. The summed E-state index contributed by atoms with van der Waals surface area (Å²) in [6, 6.07) is 7.25. The van der Waals surface area contributed by atoms with E-state index >= 15 is 0 Å². The van der Waals surface area contributed by atoms with E-state index in [0.717, 1.165) is 12.8 Å². The Kier molecular flexibility index (Phi) is 5.05. The van der Waals surface area contributed by atoms with E-state index in [-0.39, 0.29) is 11.9 Å². The average Bonchev–Trinajstić information content (AvgIpc) is 3.26. The summed E-state index contributed by atoms with van der Waals surface area (Å²) in [6.07, 6.45) is 2.61. The molecule has 1 fully saturated rings. The van der Waals surface area contributed by atoms with E-state index < -0.39 is 0 Å². The zero-order valence-electron chi connectivity index (χ0n) is 12.0. The fourth-order valence-corrected chi connectivity index (χ4v) is 2.53. The molecule has 1 unspecified atom stereocenters. The van der Waals surface area contributed by atoms with Crippen molar-refractivity contribution in [3.05, 3.63) is 23.2 Å². The van der Waals surface area contributed by atoms with Crippen molar-refractivity contribution in [1.29, 1.82) is 5.26 Å². The van der Waals surface area contributed by atoms with Gasteiger partial charge >= 0.3 is 0 Å². The summed E-state index contributed by atoms with van der Waals surface area (Å²) < 4.78 is 0. The summed E-state index contributed by atoms with van der Waals surface area (Å²) >= 11 is 6.06. The van der Waals surface area contributed by atoms with Crippen molar-refractivity contribution in [2.45, 2.75) is 38.3 Å². The van der Waals surface area contributed by atoms with Crippen molar-refractivity contribution < 1.29 is 4.79 Å². The van der Waals surface area contributed by atoms with E-state index in [2.05, 4.69) is 16.3 Å². The number of nitrogens with two attached hydrogens (primary N) is 1. The molecule has 0 radical (unpaired) electrons. The van der Waals surface area contributed by atoms with Gasteiger partial charge < -0.3 is 11.1 Å². The number of carbonyl (C=O) groups excluding carboxylic acids is 1. The van der Waals surface area contributed by atoms with Gasteiger partial charge in [-0.1, -0.05) is 11.6 Å². The molecule has 1 aromatic carbocycles. The van der Waals surface area contributed by atoms with Gasteiger partial charge in [-0.2, -0.15) is 5.26 Å². The summed E-state index contributed by atoms with van der Waals surface area (Å²) in [5.41, 5.74) is 6.74. The van der Waals surface area contributed by atoms with Gasteiger partial charge in [-0.25, -0.2) is 0 Å². The molecule has 5 nitrogen and oxygen atoms in total. The van der Waals surface area contributed by atoms with Crippen molar-refractivity contribution in [3.63, 3.8) is 0 Å². The predicted molar refractivity (Wildman–Crippen MR) is 83.9 cm³/mol. The van der Waals surface area contributed by atoms with Crippen LogP contribution >= 0.6 is 11.6 Å². The lowest BCUT2D eigenvalue weighted by atomic mass is 10.2. The molecule has 0 spiro atoms. The third-order valence-corrected chi connectivity index (χ3v) is 3.94. The predicted octanol–water partition coefficient (Wildman–Crippen LogP) is 2.63. The normalized spacial score (nSPS) is 15.5. The third kappa shape index (κ3) is 4.10. The van der Waals surface area contributed by atoms with Gasteiger partial charge in [0.2, 0.25) is 5.91 Å². The van der Waals surface area contributed by atoms with Gasteiger partial charge in [-0.15, -0.1) is 0 Å². The van der Waals surface area contributed by atoms with Crippen molar-refractivity contribution in [2.24, 2.45) is 0 Å². The first-order valence-electron chi connectivity index (χ1n) is 7.01. The Morgan fingerprint density at radius 3 is 2.90 bits per heavy atom. The van der Waals surface area contributed by atoms with Crippen LogP contribution in [0, 0.1) is 11.3 Å². The van der Waals surface area contributed by atoms with Gasteiger partial charge in [0.15, 0.2) is 0 Å². The van der Waals surface area contributed by atoms with E-state index in [4.69, 9.17) is 22.6 Å². The van der Waals surface area contributed by atoms with Crippen LogP contribution in [-0.2, 0) is 4.79 Å². The highest BCUT2D eigenvalue weighted by atomic mass is 35.5. The molecule has 112 valence electrons. The molecule has 3 N–H and O–H groups in total. The minimum absolute atomic E-state index is 0.119. The number of nitrogens with one attached hydrogen (secondary N) is 1. The Balaban J connectivity index is 2.02. The Morgan fingerprint density at radius 2 is 2.33 bits per heavy atom. The zero-order valence-corrected chi connectivity index (χ0v) is 12.7. The monoisotopic (exact) mass is 306 g/mol. The molecule has 6 heteroatoms. The second-order valence-electron chi connectivity index (χ2n) is 5.28. The topological polar surface area (TPSA) is 82.2 Å². The molecule has 0 bridgehead atoms. The second kappa shape index (κ2) is 6.79. The zero-order chi connectivity index (χ0) is 15.4. The van der Waals surface area contributed by atoms with Crippen LogP contribution in [0.5, 0.6) is 0 Å². The van der Waals surface area contributed by atoms with Crippen LogP contribution in [0.15, 0.2) is 18.2 Å². The van der Waals surface area contributed by atoms with Crippen molar-refractivity contribution in [2.75, 3.05) is 17.6 Å². The van der Waals surface area contributed by atoms with E-state index in [0.29, 0.717) is 35.4 Å². The van der Waals surface area contributed by atoms with Crippen molar-refractivity contribution >= 4 is 28.9 Å². The molecular formula is C15H19ClN4O. The lowest BCUT2D eigenvalue weighted by molar-refractivity contribution is -0.121. The van der Waals surface area contributed by atoms with E-state index in [9.17, 15) is 4.79 Å². The second-order valence-corrected chi connectivity index (χ2v) is 5.69. The number of benzene rings is 1. The molecule has 21 heavy (non-hydrogen) atoms. The quantitative estimate of drug-likeness (QED) is 0.792. The van der Waals surface area contributed by atoms with Gasteiger partial charge in [0.05, 0.1) is 22.8 Å². The number of anilines is 2. The Labute approximate surface area is 129 Å². The number of nitrogens with zero attached hydrogens (tertiary/aromatic N) is 2. The highest BCUT2D eigenvalue weighted by Crippen LogP contribution is 2.30. The van der Waals surface area contributed by atoms with Gasteiger partial charge in [-0.3, -0.25) is 9.69 Å². The number of hydrogen-bond donors (Lipinski definition) is 2. The number of carbonyl (C=O) groups is 1. The standard InChI is InChI=1S/C15H19ClN4O/c1-10(20(8-2-7-17)12-4-5-12)15(21)19-14-6-3-11(18)9-13(14)16/h3,6,9-10,12H,2,4-5,8,18H2,1H3,(H,19,21). The number of rotatable bonds is 6. The molecule has 0 saturated heterocycles. The molecule has 1 atom stereocenters. The third-order valence-electron chi connectivity index (χ3n) is 3.63. The molecular weight excluding hydrogens is 288 g/mol.